The first-order valence-electron chi connectivity index (χ1n) is 4.72. The van der Waals surface area contributed by atoms with Gasteiger partial charge in [-0.3, -0.25) is 0 Å². The minimum atomic E-state index is -1.42. The molecule has 0 aliphatic heterocycles. The SMILES string of the molecule is COC(=O)C(O)c1cc(Br)cc(OC)c1OC. The summed E-state index contributed by atoms with van der Waals surface area (Å²) in [6.45, 7) is 0. The molecule has 1 atom stereocenters. The summed E-state index contributed by atoms with van der Waals surface area (Å²) >= 11 is 3.26. The Balaban J connectivity index is 3.30. The Morgan fingerprint density at radius 3 is 2.41 bits per heavy atom. The van der Waals surface area contributed by atoms with Crippen LogP contribution >= 0.6 is 15.9 Å². The van der Waals surface area contributed by atoms with Crippen LogP contribution in [0.5, 0.6) is 11.5 Å². The van der Waals surface area contributed by atoms with Crippen LogP contribution in [-0.2, 0) is 9.53 Å². The average Bonchev–Trinajstić information content (AvgIpc) is 2.35. The molecular weight excluding hydrogens is 292 g/mol. The lowest BCUT2D eigenvalue weighted by molar-refractivity contribution is -0.150. The van der Waals surface area contributed by atoms with Crippen molar-refractivity contribution < 1.29 is 24.1 Å². The number of carbonyl (C=O) groups is 1. The third-order valence-electron chi connectivity index (χ3n) is 2.19. The molecule has 5 nitrogen and oxygen atoms in total. The van der Waals surface area contributed by atoms with Gasteiger partial charge in [-0.15, -0.1) is 0 Å². The molecule has 0 radical (unpaired) electrons. The molecule has 1 unspecified atom stereocenters. The van der Waals surface area contributed by atoms with E-state index in [2.05, 4.69) is 20.7 Å². The molecule has 0 aromatic heterocycles. The summed E-state index contributed by atoms with van der Waals surface area (Å²) in [5.74, 6) is -0.0446. The first kappa shape index (κ1) is 13.8. The maximum atomic E-state index is 11.3. The van der Waals surface area contributed by atoms with Gasteiger partial charge in [-0.25, -0.2) is 4.79 Å². The van der Waals surface area contributed by atoms with Crippen molar-refractivity contribution >= 4 is 21.9 Å². The minimum absolute atomic E-state index is 0.283. The molecule has 0 saturated heterocycles. The highest BCUT2D eigenvalue weighted by atomic mass is 79.9. The van der Waals surface area contributed by atoms with Crippen molar-refractivity contribution in [1.29, 1.82) is 0 Å². The van der Waals surface area contributed by atoms with E-state index in [1.54, 1.807) is 12.1 Å². The Morgan fingerprint density at radius 1 is 1.29 bits per heavy atom. The van der Waals surface area contributed by atoms with Gasteiger partial charge in [-0.05, 0) is 12.1 Å². The molecule has 0 aliphatic carbocycles. The summed E-state index contributed by atoms with van der Waals surface area (Å²) in [5, 5.41) is 9.81. The molecule has 17 heavy (non-hydrogen) atoms. The molecule has 1 N–H and O–H groups in total. The van der Waals surface area contributed by atoms with E-state index in [1.807, 2.05) is 0 Å². The molecule has 0 heterocycles. The van der Waals surface area contributed by atoms with Crippen molar-refractivity contribution in [1.82, 2.24) is 0 Å². The fourth-order valence-electron chi connectivity index (χ4n) is 1.40. The van der Waals surface area contributed by atoms with Crippen molar-refractivity contribution in [2.75, 3.05) is 21.3 Å². The molecule has 0 amide bonds. The standard InChI is InChI=1S/C11H13BrO5/c1-15-8-5-6(12)4-7(10(8)16-2)9(13)11(14)17-3/h4-5,9,13H,1-3H3. The van der Waals surface area contributed by atoms with Crippen LogP contribution in [0.15, 0.2) is 16.6 Å². The van der Waals surface area contributed by atoms with Gasteiger partial charge >= 0.3 is 5.97 Å². The number of aliphatic hydroxyl groups is 1. The van der Waals surface area contributed by atoms with Gasteiger partial charge in [-0.1, -0.05) is 15.9 Å². The van der Waals surface area contributed by atoms with Gasteiger partial charge in [0.1, 0.15) is 0 Å². The topological polar surface area (TPSA) is 65.0 Å². The first-order chi connectivity index (χ1) is 8.04. The van der Waals surface area contributed by atoms with E-state index in [4.69, 9.17) is 9.47 Å². The number of methoxy groups -OCH3 is 3. The second-order valence-electron chi connectivity index (χ2n) is 3.16. The molecule has 0 bridgehead atoms. The highest BCUT2D eigenvalue weighted by Gasteiger charge is 2.24. The molecule has 0 fully saturated rings. The number of hydrogen-bond donors (Lipinski definition) is 1. The Bertz CT molecular complexity index is 419. The third kappa shape index (κ3) is 2.89. The van der Waals surface area contributed by atoms with Crippen molar-refractivity contribution in [2.45, 2.75) is 6.10 Å². The van der Waals surface area contributed by atoms with E-state index in [0.717, 1.165) is 0 Å². The van der Waals surface area contributed by atoms with Gasteiger partial charge in [0.2, 0.25) is 0 Å². The summed E-state index contributed by atoms with van der Waals surface area (Å²) in [4.78, 5) is 11.3. The number of rotatable bonds is 4. The Labute approximate surface area is 107 Å². The zero-order chi connectivity index (χ0) is 13.0. The molecular formula is C11H13BrO5. The number of ether oxygens (including phenoxy) is 3. The summed E-state index contributed by atoms with van der Waals surface area (Å²) in [6.07, 6.45) is -1.42. The molecule has 94 valence electrons. The zero-order valence-corrected chi connectivity index (χ0v) is 11.3. The number of esters is 1. The molecule has 1 aromatic carbocycles. The normalized spacial score (nSPS) is 11.8. The number of aliphatic hydroxyl groups excluding tert-OH is 1. The van der Waals surface area contributed by atoms with Gasteiger partial charge in [0.25, 0.3) is 0 Å². The second-order valence-corrected chi connectivity index (χ2v) is 4.07. The lowest BCUT2D eigenvalue weighted by Gasteiger charge is -2.16. The Kier molecular flexibility index (Phi) is 4.77. The van der Waals surface area contributed by atoms with Crippen LogP contribution in [-0.4, -0.2) is 32.4 Å². The number of benzene rings is 1. The highest BCUT2D eigenvalue weighted by Crippen LogP contribution is 2.38. The van der Waals surface area contributed by atoms with E-state index < -0.39 is 12.1 Å². The van der Waals surface area contributed by atoms with E-state index in [9.17, 15) is 9.90 Å². The maximum absolute atomic E-state index is 11.3. The van der Waals surface area contributed by atoms with Gasteiger partial charge < -0.3 is 19.3 Å². The number of carbonyl (C=O) groups excluding carboxylic acids is 1. The fourth-order valence-corrected chi connectivity index (χ4v) is 1.86. The minimum Gasteiger partial charge on any atom is -0.493 e. The summed E-state index contributed by atoms with van der Waals surface area (Å²) in [5.41, 5.74) is 0.283. The van der Waals surface area contributed by atoms with Crippen LogP contribution in [0.4, 0.5) is 0 Å². The van der Waals surface area contributed by atoms with Crippen LogP contribution in [0.2, 0.25) is 0 Å². The van der Waals surface area contributed by atoms with Crippen LogP contribution in [0.1, 0.15) is 11.7 Å². The number of halogens is 1. The molecule has 0 spiro atoms. The number of hydrogen-bond acceptors (Lipinski definition) is 5. The smallest absolute Gasteiger partial charge is 0.339 e. The molecule has 1 rings (SSSR count). The summed E-state index contributed by atoms with van der Waals surface area (Å²) < 4.78 is 15.4. The molecule has 0 aliphatic rings. The lowest BCUT2D eigenvalue weighted by Crippen LogP contribution is -2.14. The molecule has 0 saturated carbocycles. The van der Waals surface area contributed by atoms with Crippen LogP contribution < -0.4 is 9.47 Å². The van der Waals surface area contributed by atoms with Crippen molar-refractivity contribution in [3.63, 3.8) is 0 Å². The second kappa shape index (κ2) is 5.88. The molecule has 6 heteroatoms. The molecule has 1 aromatic rings. The predicted octanol–water partition coefficient (Wildman–Crippen LogP) is 1.67. The average molecular weight is 305 g/mol. The van der Waals surface area contributed by atoms with E-state index in [1.165, 1.54) is 21.3 Å². The first-order valence-corrected chi connectivity index (χ1v) is 5.51. The monoisotopic (exact) mass is 304 g/mol. The quantitative estimate of drug-likeness (QED) is 0.857. The maximum Gasteiger partial charge on any atom is 0.339 e. The summed E-state index contributed by atoms with van der Waals surface area (Å²) in [7, 11) is 4.10. The van der Waals surface area contributed by atoms with E-state index in [0.29, 0.717) is 16.0 Å². The Hall–Kier alpha value is -1.27. The van der Waals surface area contributed by atoms with Gasteiger partial charge in [0, 0.05) is 10.0 Å². The largest absolute Gasteiger partial charge is 0.493 e. The highest BCUT2D eigenvalue weighted by molar-refractivity contribution is 9.10. The van der Waals surface area contributed by atoms with Crippen molar-refractivity contribution in [2.24, 2.45) is 0 Å². The van der Waals surface area contributed by atoms with Gasteiger partial charge in [-0.2, -0.15) is 0 Å². The van der Waals surface area contributed by atoms with Gasteiger partial charge in [0.15, 0.2) is 17.6 Å². The van der Waals surface area contributed by atoms with Crippen molar-refractivity contribution in [3.8, 4) is 11.5 Å². The van der Waals surface area contributed by atoms with Gasteiger partial charge in [0.05, 0.1) is 21.3 Å². The zero-order valence-electron chi connectivity index (χ0n) is 9.69. The lowest BCUT2D eigenvalue weighted by atomic mass is 10.1. The fraction of sp³-hybridized carbons (Fsp3) is 0.364. The summed E-state index contributed by atoms with van der Waals surface area (Å²) in [6, 6.07) is 3.25. The predicted molar refractivity (Wildman–Crippen MR) is 64.2 cm³/mol. The third-order valence-corrected chi connectivity index (χ3v) is 2.65. The van der Waals surface area contributed by atoms with Crippen LogP contribution in [0, 0.1) is 0 Å². The Morgan fingerprint density at radius 2 is 1.94 bits per heavy atom. The van der Waals surface area contributed by atoms with Crippen LogP contribution in [0.3, 0.4) is 0 Å². The van der Waals surface area contributed by atoms with E-state index >= 15 is 0 Å². The van der Waals surface area contributed by atoms with Crippen molar-refractivity contribution in [3.05, 3.63) is 22.2 Å². The van der Waals surface area contributed by atoms with E-state index in [-0.39, 0.29) is 5.56 Å². The van der Waals surface area contributed by atoms with Crippen LogP contribution in [0.25, 0.3) is 0 Å².